The van der Waals surface area contributed by atoms with E-state index in [1.807, 2.05) is 0 Å². The van der Waals surface area contributed by atoms with Gasteiger partial charge in [-0.25, -0.2) is 0 Å². The quantitative estimate of drug-likeness (QED) is 0.437. The summed E-state index contributed by atoms with van der Waals surface area (Å²) in [4.78, 5) is 0. The van der Waals surface area contributed by atoms with Crippen molar-refractivity contribution in [3.8, 4) is 22.3 Å². The van der Waals surface area contributed by atoms with Crippen molar-refractivity contribution in [2.24, 2.45) is 0 Å². The molecule has 3 aromatic carbocycles. The fraction of sp³-hybridized carbons (Fsp3) is 0.100. The van der Waals surface area contributed by atoms with Crippen LogP contribution in [0.5, 0.6) is 0 Å². The van der Waals surface area contributed by atoms with Crippen molar-refractivity contribution < 1.29 is 0 Å². The van der Waals surface area contributed by atoms with Crippen LogP contribution in [0.15, 0.2) is 66.7 Å². The van der Waals surface area contributed by atoms with Crippen LogP contribution in [0.25, 0.3) is 22.3 Å². The van der Waals surface area contributed by atoms with E-state index in [2.05, 4.69) is 73.7 Å². The molecule has 0 nitrogen and oxygen atoms in total. The van der Waals surface area contributed by atoms with Crippen molar-refractivity contribution in [3.63, 3.8) is 0 Å². The largest absolute Gasteiger partial charge is 0.0622 e. The molecule has 0 spiro atoms. The van der Waals surface area contributed by atoms with Crippen LogP contribution in [0.2, 0.25) is 0 Å². The maximum Gasteiger partial charge on any atom is -0.00131 e. The molecule has 96 valence electrons. The van der Waals surface area contributed by atoms with Gasteiger partial charge in [-0.15, -0.1) is 0 Å². The monoisotopic (exact) mass is 256 g/mol. The first kappa shape index (κ1) is 11.5. The van der Waals surface area contributed by atoms with E-state index in [1.54, 1.807) is 0 Å². The third-order valence-electron chi connectivity index (χ3n) is 4.15. The highest BCUT2D eigenvalue weighted by Gasteiger charge is 2.21. The highest BCUT2D eigenvalue weighted by Crippen LogP contribution is 2.42. The number of hydrogen-bond acceptors (Lipinski definition) is 0. The lowest BCUT2D eigenvalue weighted by Gasteiger charge is -2.10. The molecular weight excluding hydrogens is 240 g/mol. The summed E-state index contributed by atoms with van der Waals surface area (Å²) in [6, 6.07) is 24.2. The average molecular weight is 256 g/mol. The molecule has 0 amide bonds. The van der Waals surface area contributed by atoms with Crippen molar-refractivity contribution in [3.05, 3.63) is 83.4 Å². The Hall–Kier alpha value is -2.34. The molecular formula is C20H16. The first-order valence-corrected chi connectivity index (χ1v) is 7.10. The van der Waals surface area contributed by atoms with Crippen molar-refractivity contribution in [1.82, 2.24) is 0 Å². The second-order valence-corrected chi connectivity index (χ2v) is 5.54. The van der Waals surface area contributed by atoms with Gasteiger partial charge in [-0.05, 0) is 46.7 Å². The Labute approximate surface area is 119 Å². The lowest BCUT2D eigenvalue weighted by atomic mass is 9.94. The number of fused-ring (bicyclic) bond motifs is 3. The first-order chi connectivity index (χ1) is 9.83. The van der Waals surface area contributed by atoms with Gasteiger partial charge in [0.25, 0.3) is 0 Å². The van der Waals surface area contributed by atoms with E-state index >= 15 is 0 Å². The molecule has 3 aromatic rings. The zero-order chi connectivity index (χ0) is 13.5. The Balaban J connectivity index is 1.99. The molecule has 20 heavy (non-hydrogen) atoms. The molecule has 0 saturated heterocycles. The van der Waals surface area contributed by atoms with Gasteiger partial charge < -0.3 is 0 Å². The van der Waals surface area contributed by atoms with Gasteiger partial charge in [0.15, 0.2) is 0 Å². The van der Waals surface area contributed by atoms with E-state index in [0.717, 1.165) is 6.42 Å². The Morgan fingerprint density at radius 3 is 2.40 bits per heavy atom. The SMILES string of the molecule is Cc1ccc2c(c1)Cc1cccc(-c3ccccc3)c1-2. The van der Waals surface area contributed by atoms with E-state index in [1.165, 1.54) is 38.9 Å². The number of benzene rings is 3. The number of aryl methyl sites for hydroxylation is 1. The summed E-state index contributed by atoms with van der Waals surface area (Å²) < 4.78 is 0. The van der Waals surface area contributed by atoms with E-state index < -0.39 is 0 Å². The van der Waals surface area contributed by atoms with E-state index in [0.29, 0.717) is 0 Å². The van der Waals surface area contributed by atoms with Gasteiger partial charge in [-0.3, -0.25) is 0 Å². The van der Waals surface area contributed by atoms with Crippen LogP contribution in [-0.2, 0) is 6.42 Å². The Bertz CT molecular complexity index is 782. The molecule has 0 radical (unpaired) electrons. The summed E-state index contributed by atoms with van der Waals surface area (Å²) in [6.07, 6.45) is 1.06. The van der Waals surface area contributed by atoms with Crippen LogP contribution in [0.4, 0.5) is 0 Å². The van der Waals surface area contributed by atoms with E-state index in [-0.39, 0.29) is 0 Å². The normalized spacial score (nSPS) is 12.1. The van der Waals surface area contributed by atoms with Crippen molar-refractivity contribution in [2.45, 2.75) is 13.3 Å². The van der Waals surface area contributed by atoms with Crippen LogP contribution in [0.3, 0.4) is 0 Å². The molecule has 0 bridgehead atoms. The van der Waals surface area contributed by atoms with Crippen LogP contribution < -0.4 is 0 Å². The Morgan fingerprint density at radius 1 is 0.700 bits per heavy atom. The number of rotatable bonds is 1. The molecule has 0 heteroatoms. The standard InChI is InChI=1S/C20H16/c1-14-10-11-19-17(12-14)13-16-8-5-9-18(20(16)19)15-6-3-2-4-7-15/h2-12H,13H2,1H3. The minimum Gasteiger partial charge on any atom is -0.0622 e. The molecule has 0 aromatic heterocycles. The van der Waals surface area contributed by atoms with E-state index in [4.69, 9.17) is 0 Å². The summed E-state index contributed by atoms with van der Waals surface area (Å²) in [6.45, 7) is 2.17. The van der Waals surface area contributed by atoms with E-state index in [9.17, 15) is 0 Å². The molecule has 0 fully saturated rings. The molecule has 0 atom stereocenters. The molecule has 1 aliphatic rings. The van der Waals surface area contributed by atoms with Gasteiger partial charge >= 0.3 is 0 Å². The predicted octanol–water partition coefficient (Wildman–Crippen LogP) is 5.23. The van der Waals surface area contributed by atoms with Crippen LogP contribution in [0, 0.1) is 6.92 Å². The number of hydrogen-bond donors (Lipinski definition) is 0. The molecule has 0 N–H and O–H groups in total. The molecule has 4 rings (SSSR count). The second-order valence-electron chi connectivity index (χ2n) is 5.54. The lowest BCUT2D eigenvalue weighted by molar-refractivity contribution is 1.25. The molecule has 0 saturated carbocycles. The van der Waals surface area contributed by atoms with Crippen LogP contribution in [0.1, 0.15) is 16.7 Å². The first-order valence-electron chi connectivity index (χ1n) is 7.10. The zero-order valence-corrected chi connectivity index (χ0v) is 11.6. The van der Waals surface area contributed by atoms with Crippen molar-refractivity contribution >= 4 is 0 Å². The lowest BCUT2D eigenvalue weighted by Crippen LogP contribution is -1.85. The topological polar surface area (TPSA) is 0 Å². The fourth-order valence-electron chi connectivity index (χ4n) is 3.24. The van der Waals surface area contributed by atoms with Gasteiger partial charge in [-0.1, -0.05) is 72.3 Å². The summed E-state index contributed by atoms with van der Waals surface area (Å²) in [5.74, 6) is 0. The maximum absolute atomic E-state index is 2.32. The van der Waals surface area contributed by atoms with Gasteiger partial charge in [0, 0.05) is 0 Å². The summed E-state index contributed by atoms with van der Waals surface area (Å²) in [7, 11) is 0. The predicted molar refractivity (Wildman–Crippen MR) is 84.9 cm³/mol. The summed E-state index contributed by atoms with van der Waals surface area (Å²) in [5, 5.41) is 0. The average Bonchev–Trinajstić information content (AvgIpc) is 2.85. The molecule has 0 aliphatic heterocycles. The minimum atomic E-state index is 1.06. The van der Waals surface area contributed by atoms with Crippen LogP contribution >= 0.6 is 0 Å². The van der Waals surface area contributed by atoms with Crippen molar-refractivity contribution in [2.75, 3.05) is 0 Å². The van der Waals surface area contributed by atoms with Crippen molar-refractivity contribution in [1.29, 1.82) is 0 Å². The second kappa shape index (κ2) is 4.35. The zero-order valence-electron chi connectivity index (χ0n) is 11.6. The molecule has 1 aliphatic carbocycles. The Morgan fingerprint density at radius 2 is 1.55 bits per heavy atom. The van der Waals surface area contributed by atoms with Gasteiger partial charge in [0.2, 0.25) is 0 Å². The molecule has 0 heterocycles. The summed E-state index contributed by atoms with van der Waals surface area (Å²) >= 11 is 0. The third-order valence-corrected chi connectivity index (χ3v) is 4.15. The summed E-state index contributed by atoms with van der Waals surface area (Å²) in [5.41, 5.74) is 9.75. The highest BCUT2D eigenvalue weighted by molar-refractivity contribution is 5.90. The van der Waals surface area contributed by atoms with Crippen LogP contribution in [-0.4, -0.2) is 0 Å². The smallest absolute Gasteiger partial charge is 0.00131 e. The third kappa shape index (κ3) is 1.69. The highest BCUT2D eigenvalue weighted by atomic mass is 14.2. The van der Waals surface area contributed by atoms with Gasteiger partial charge in [-0.2, -0.15) is 0 Å². The maximum atomic E-state index is 2.32. The van der Waals surface area contributed by atoms with Gasteiger partial charge in [0.1, 0.15) is 0 Å². The minimum absolute atomic E-state index is 1.06. The molecule has 0 unspecified atom stereocenters. The fourth-order valence-corrected chi connectivity index (χ4v) is 3.24. The Kier molecular flexibility index (Phi) is 2.50. The van der Waals surface area contributed by atoms with Gasteiger partial charge in [0.05, 0.1) is 0 Å².